The van der Waals surface area contributed by atoms with Gasteiger partial charge in [-0.25, -0.2) is 8.42 Å². The Balaban J connectivity index is 1.67. The van der Waals surface area contributed by atoms with Crippen LogP contribution in [0.3, 0.4) is 0 Å². The lowest BCUT2D eigenvalue weighted by Crippen LogP contribution is -2.15. The molecule has 0 radical (unpaired) electrons. The molecule has 6 heteroatoms. The second-order valence-electron chi connectivity index (χ2n) is 6.30. The maximum atomic E-state index is 12.3. The monoisotopic (exact) mass is 344 g/mol. The second-order valence-corrected chi connectivity index (χ2v) is 7.99. The summed E-state index contributed by atoms with van der Waals surface area (Å²) in [6, 6.07) is 13.3. The summed E-state index contributed by atoms with van der Waals surface area (Å²) in [5.74, 6) is 0.575. The van der Waals surface area contributed by atoms with Crippen LogP contribution < -0.4 is 10.0 Å². The highest BCUT2D eigenvalue weighted by molar-refractivity contribution is 7.92. The number of benzene rings is 2. The van der Waals surface area contributed by atoms with Gasteiger partial charge in [-0.1, -0.05) is 24.6 Å². The lowest BCUT2D eigenvalue weighted by molar-refractivity contribution is -0.117. The third kappa shape index (κ3) is 3.76. The summed E-state index contributed by atoms with van der Waals surface area (Å²) in [5.41, 5.74) is 2.12. The van der Waals surface area contributed by atoms with Crippen LogP contribution in [0, 0.1) is 18.8 Å². The molecule has 2 unspecified atom stereocenters. The summed E-state index contributed by atoms with van der Waals surface area (Å²) in [6.45, 7) is 3.95. The molecular formula is C18H20N2O3S. The third-order valence-electron chi connectivity index (χ3n) is 4.18. The van der Waals surface area contributed by atoms with Crippen LogP contribution in [0.25, 0.3) is 0 Å². The molecule has 2 atom stereocenters. The minimum Gasteiger partial charge on any atom is -0.326 e. The summed E-state index contributed by atoms with van der Waals surface area (Å²) < 4.78 is 27.2. The standard InChI is InChI=1S/C18H20N2O3S/c1-12-3-9-16(10-4-12)24(22,23)20-15-7-5-14(6-8-15)19-18(21)17-11-13(17)2/h3-10,13,17,20H,11H2,1-2H3,(H,19,21). The summed E-state index contributed by atoms with van der Waals surface area (Å²) in [7, 11) is -3.61. The fourth-order valence-electron chi connectivity index (χ4n) is 2.48. The molecule has 0 bridgehead atoms. The lowest BCUT2D eigenvalue weighted by atomic mass is 10.2. The van der Waals surface area contributed by atoms with Crippen LogP contribution in [-0.2, 0) is 14.8 Å². The molecule has 1 aliphatic carbocycles. The number of hydrogen-bond donors (Lipinski definition) is 2. The largest absolute Gasteiger partial charge is 0.326 e. The summed E-state index contributed by atoms with van der Waals surface area (Å²) >= 11 is 0. The van der Waals surface area contributed by atoms with Gasteiger partial charge >= 0.3 is 0 Å². The molecule has 2 N–H and O–H groups in total. The molecular weight excluding hydrogens is 324 g/mol. The number of rotatable bonds is 5. The fraction of sp³-hybridized carbons (Fsp3) is 0.278. The zero-order valence-corrected chi connectivity index (χ0v) is 14.4. The average Bonchev–Trinajstić information content (AvgIpc) is 3.26. The van der Waals surface area contributed by atoms with E-state index in [4.69, 9.17) is 0 Å². The maximum Gasteiger partial charge on any atom is 0.261 e. The molecule has 0 aromatic heterocycles. The van der Waals surface area contributed by atoms with Crippen molar-refractivity contribution in [2.45, 2.75) is 25.2 Å². The minimum atomic E-state index is -3.61. The Hall–Kier alpha value is -2.34. The first-order valence-electron chi connectivity index (χ1n) is 7.85. The highest BCUT2D eigenvalue weighted by Crippen LogP contribution is 2.38. The van der Waals surface area contributed by atoms with Gasteiger partial charge in [-0.15, -0.1) is 0 Å². The summed E-state index contributed by atoms with van der Waals surface area (Å²) in [6.07, 6.45) is 0.931. The summed E-state index contributed by atoms with van der Waals surface area (Å²) in [5, 5.41) is 2.85. The van der Waals surface area contributed by atoms with Crippen molar-refractivity contribution in [2.24, 2.45) is 11.8 Å². The first-order chi connectivity index (χ1) is 11.3. The number of carbonyl (C=O) groups excluding carboxylic acids is 1. The van der Waals surface area contributed by atoms with Crippen molar-refractivity contribution in [1.29, 1.82) is 0 Å². The molecule has 0 heterocycles. The van der Waals surface area contributed by atoms with E-state index in [1.807, 2.05) is 13.8 Å². The molecule has 2 aromatic rings. The number of carbonyl (C=O) groups is 1. The van der Waals surface area contributed by atoms with Crippen molar-refractivity contribution >= 4 is 27.3 Å². The SMILES string of the molecule is Cc1ccc(S(=O)(=O)Nc2ccc(NC(=O)C3CC3C)cc2)cc1. The molecule has 126 valence electrons. The molecule has 1 amide bonds. The van der Waals surface area contributed by atoms with Crippen molar-refractivity contribution in [2.75, 3.05) is 10.0 Å². The first-order valence-corrected chi connectivity index (χ1v) is 9.34. The van der Waals surface area contributed by atoms with Gasteiger partial charge in [0.25, 0.3) is 10.0 Å². The lowest BCUT2D eigenvalue weighted by Gasteiger charge is -2.10. The van der Waals surface area contributed by atoms with Crippen molar-refractivity contribution in [3.8, 4) is 0 Å². The van der Waals surface area contributed by atoms with E-state index in [0.717, 1.165) is 12.0 Å². The van der Waals surface area contributed by atoms with Crippen LogP contribution in [-0.4, -0.2) is 14.3 Å². The van der Waals surface area contributed by atoms with Crippen LogP contribution in [0.4, 0.5) is 11.4 Å². The molecule has 1 fully saturated rings. The topological polar surface area (TPSA) is 75.3 Å². The molecule has 24 heavy (non-hydrogen) atoms. The van der Waals surface area contributed by atoms with Gasteiger partial charge in [-0.3, -0.25) is 9.52 Å². The normalized spacial score (nSPS) is 19.6. The highest BCUT2D eigenvalue weighted by Gasteiger charge is 2.39. The third-order valence-corrected chi connectivity index (χ3v) is 5.58. The molecule has 2 aromatic carbocycles. The predicted octanol–water partition coefficient (Wildman–Crippen LogP) is 3.39. The van der Waals surface area contributed by atoms with Gasteiger partial charge in [0.15, 0.2) is 0 Å². The number of amides is 1. The first kappa shape index (κ1) is 16.5. The van der Waals surface area contributed by atoms with Crippen LogP contribution in [0.1, 0.15) is 18.9 Å². The van der Waals surface area contributed by atoms with Gasteiger partial charge in [0, 0.05) is 17.3 Å². The van der Waals surface area contributed by atoms with E-state index in [1.54, 1.807) is 48.5 Å². The molecule has 0 aliphatic heterocycles. The Bertz CT molecular complexity index is 843. The van der Waals surface area contributed by atoms with E-state index in [2.05, 4.69) is 10.0 Å². The molecule has 0 saturated heterocycles. The number of aryl methyl sites for hydroxylation is 1. The number of nitrogens with one attached hydrogen (secondary N) is 2. The van der Waals surface area contributed by atoms with Crippen molar-refractivity contribution < 1.29 is 13.2 Å². The van der Waals surface area contributed by atoms with Gasteiger partial charge in [-0.05, 0) is 55.7 Å². The highest BCUT2D eigenvalue weighted by atomic mass is 32.2. The Kier molecular flexibility index (Phi) is 4.32. The fourth-order valence-corrected chi connectivity index (χ4v) is 3.53. The maximum absolute atomic E-state index is 12.3. The zero-order valence-electron chi connectivity index (χ0n) is 13.6. The predicted molar refractivity (Wildman–Crippen MR) is 94.3 cm³/mol. The van der Waals surface area contributed by atoms with Crippen LogP contribution in [0.2, 0.25) is 0 Å². The van der Waals surface area contributed by atoms with E-state index >= 15 is 0 Å². The molecule has 5 nitrogen and oxygen atoms in total. The zero-order chi connectivity index (χ0) is 17.3. The van der Waals surface area contributed by atoms with E-state index in [9.17, 15) is 13.2 Å². The average molecular weight is 344 g/mol. The Morgan fingerprint density at radius 2 is 1.54 bits per heavy atom. The van der Waals surface area contributed by atoms with Crippen molar-refractivity contribution in [1.82, 2.24) is 0 Å². The van der Waals surface area contributed by atoms with Gasteiger partial charge in [-0.2, -0.15) is 0 Å². The van der Waals surface area contributed by atoms with E-state index < -0.39 is 10.0 Å². The van der Waals surface area contributed by atoms with Crippen molar-refractivity contribution in [3.05, 3.63) is 54.1 Å². The number of anilines is 2. The van der Waals surface area contributed by atoms with Gasteiger partial charge < -0.3 is 5.32 Å². The van der Waals surface area contributed by atoms with Crippen LogP contribution in [0.15, 0.2) is 53.4 Å². The second kappa shape index (κ2) is 6.28. The van der Waals surface area contributed by atoms with Gasteiger partial charge in [0.2, 0.25) is 5.91 Å². The van der Waals surface area contributed by atoms with Crippen LogP contribution >= 0.6 is 0 Å². The quantitative estimate of drug-likeness (QED) is 0.873. The molecule has 1 saturated carbocycles. The van der Waals surface area contributed by atoms with E-state index in [0.29, 0.717) is 17.3 Å². The minimum absolute atomic E-state index is 0.0236. The molecule has 1 aliphatic rings. The molecule has 3 rings (SSSR count). The Morgan fingerprint density at radius 3 is 2.08 bits per heavy atom. The number of sulfonamides is 1. The summed E-state index contributed by atoms with van der Waals surface area (Å²) in [4.78, 5) is 12.1. The van der Waals surface area contributed by atoms with Crippen molar-refractivity contribution in [3.63, 3.8) is 0 Å². The van der Waals surface area contributed by atoms with Gasteiger partial charge in [0.05, 0.1) is 4.90 Å². The number of hydrogen-bond acceptors (Lipinski definition) is 3. The Labute approximate surface area is 142 Å². The van der Waals surface area contributed by atoms with E-state index in [1.165, 1.54) is 0 Å². The Morgan fingerprint density at radius 1 is 1.00 bits per heavy atom. The molecule has 0 spiro atoms. The smallest absolute Gasteiger partial charge is 0.261 e. The van der Waals surface area contributed by atoms with Gasteiger partial charge in [0.1, 0.15) is 0 Å². The van der Waals surface area contributed by atoms with E-state index in [-0.39, 0.29) is 16.7 Å². The van der Waals surface area contributed by atoms with Crippen LogP contribution in [0.5, 0.6) is 0 Å².